The SMILES string of the molecule is COc1cccc(CC2CCC=C2c2nc(-c3ccccc3)c(-c3ccccc3)o2)c1. The molecule has 0 aliphatic heterocycles. The lowest BCUT2D eigenvalue weighted by Gasteiger charge is -2.13. The van der Waals surface area contributed by atoms with Gasteiger partial charge in [0.1, 0.15) is 11.4 Å². The highest BCUT2D eigenvalue weighted by Gasteiger charge is 2.27. The van der Waals surface area contributed by atoms with Crippen LogP contribution in [0.2, 0.25) is 0 Å². The minimum Gasteiger partial charge on any atom is -0.497 e. The van der Waals surface area contributed by atoms with E-state index in [4.69, 9.17) is 14.1 Å². The first-order valence-corrected chi connectivity index (χ1v) is 10.8. The summed E-state index contributed by atoms with van der Waals surface area (Å²) in [5.74, 6) is 2.85. The first-order valence-electron chi connectivity index (χ1n) is 10.8. The molecule has 0 fully saturated rings. The molecule has 31 heavy (non-hydrogen) atoms. The topological polar surface area (TPSA) is 35.3 Å². The molecular formula is C28H25NO2. The van der Waals surface area contributed by atoms with E-state index >= 15 is 0 Å². The molecule has 1 aliphatic carbocycles. The van der Waals surface area contributed by atoms with Gasteiger partial charge < -0.3 is 9.15 Å². The zero-order valence-electron chi connectivity index (χ0n) is 17.6. The molecule has 5 rings (SSSR count). The predicted molar refractivity (Wildman–Crippen MR) is 125 cm³/mol. The molecule has 0 radical (unpaired) electrons. The molecule has 1 heterocycles. The summed E-state index contributed by atoms with van der Waals surface area (Å²) < 4.78 is 11.9. The summed E-state index contributed by atoms with van der Waals surface area (Å²) in [5.41, 5.74) is 5.49. The maximum atomic E-state index is 6.45. The molecule has 3 aromatic carbocycles. The zero-order valence-corrected chi connectivity index (χ0v) is 17.6. The summed E-state index contributed by atoms with van der Waals surface area (Å²) in [4.78, 5) is 5.00. The van der Waals surface area contributed by atoms with E-state index in [2.05, 4.69) is 48.5 Å². The lowest BCUT2D eigenvalue weighted by molar-refractivity contribution is 0.414. The highest BCUT2D eigenvalue weighted by atomic mass is 16.5. The Kier molecular flexibility index (Phi) is 5.40. The van der Waals surface area contributed by atoms with Crippen LogP contribution in [0.5, 0.6) is 5.75 Å². The zero-order chi connectivity index (χ0) is 21.0. The second-order valence-electron chi connectivity index (χ2n) is 7.92. The van der Waals surface area contributed by atoms with Crippen molar-refractivity contribution in [3.05, 3.63) is 102 Å². The Labute approximate surface area is 183 Å². The number of rotatable bonds is 6. The predicted octanol–water partition coefficient (Wildman–Crippen LogP) is 7.05. The highest BCUT2D eigenvalue weighted by Crippen LogP contribution is 2.40. The Bertz CT molecular complexity index is 1140. The summed E-state index contributed by atoms with van der Waals surface area (Å²) in [6, 6.07) is 28.9. The van der Waals surface area contributed by atoms with Crippen molar-refractivity contribution in [1.29, 1.82) is 0 Å². The van der Waals surface area contributed by atoms with Gasteiger partial charge in [-0.3, -0.25) is 0 Å². The van der Waals surface area contributed by atoms with Crippen molar-refractivity contribution in [2.45, 2.75) is 19.3 Å². The summed E-state index contributed by atoms with van der Waals surface area (Å²) in [6.07, 6.45) is 5.40. The van der Waals surface area contributed by atoms with E-state index < -0.39 is 0 Å². The van der Waals surface area contributed by atoms with Crippen molar-refractivity contribution in [2.24, 2.45) is 5.92 Å². The van der Waals surface area contributed by atoms with Crippen molar-refractivity contribution in [3.8, 4) is 28.3 Å². The molecular weight excluding hydrogens is 382 g/mol. The molecule has 154 valence electrons. The van der Waals surface area contributed by atoms with E-state index in [9.17, 15) is 0 Å². The van der Waals surface area contributed by atoms with Gasteiger partial charge in [0.15, 0.2) is 5.76 Å². The lowest BCUT2D eigenvalue weighted by Crippen LogP contribution is -2.04. The number of nitrogens with zero attached hydrogens (tertiary/aromatic N) is 1. The van der Waals surface area contributed by atoms with Crippen LogP contribution in [-0.2, 0) is 6.42 Å². The molecule has 1 aliphatic rings. The van der Waals surface area contributed by atoms with Crippen LogP contribution in [0.3, 0.4) is 0 Å². The average molecular weight is 408 g/mol. The number of benzene rings is 3. The van der Waals surface area contributed by atoms with Gasteiger partial charge in [-0.15, -0.1) is 0 Å². The summed E-state index contributed by atoms with van der Waals surface area (Å²) in [6.45, 7) is 0. The fourth-order valence-electron chi connectivity index (χ4n) is 4.34. The van der Waals surface area contributed by atoms with Crippen LogP contribution in [-0.4, -0.2) is 12.1 Å². The second-order valence-corrected chi connectivity index (χ2v) is 7.92. The maximum Gasteiger partial charge on any atom is 0.223 e. The van der Waals surface area contributed by atoms with Crippen LogP contribution in [0.25, 0.3) is 28.2 Å². The quantitative estimate of drug-likeness (QED) is 0.343. The van der Waals surface area contributed by atoms with E-state index in [1.807, 2.05) is 42.5 Å². The Hall–Kier alpha value is -3.59. The highest BCUT2D eigenvalue weighted by molar-refractivity contribution is 5.79. The van der Waals surface area contributed by atoms with Crippen molar-refractivity contribution in [2.75, 3.05) is 7.11 Å². The molecule has 3 nitrogen and oxygen atoms in total. The maximum absolute atomic E-state index is 6.45. The normalized spacial score (nSPS) is 15.6. The van der Waals surface area contributed by atoms with Crippen molar-refractivity contribution < 1.29 is 9.15 Å². The van der Waals surface area contributed by atoms with Gasteiger partial charge in [-0.05, 0) is 42.9 Å². The van der Waals surface area contributed by atoms with E-state index in [1.165, 1.54) is 11.1 Å². The smallest absolute Gasteiger partial charge is 0.223 e. The van der Waals surface area contributed by atoms with Crippen molar-refractivity contribution in [1.82, 2.24) is 4.98 Å². The first kappa shape index (κ1) is 19.4. The van der Waals surface area contributed by atoms with Crippen molar-refractivity contribution >= 4 is 5.57 Å². The van der Waals surface area contributed by atoms with Crippen LogP contribution >= 0.6 is 0 Å². The Morgan fingerprint density at radius 2 is 1.65 bits per heavy atom. The third kappa shape index (κ3) is 4.04. The molecule has 0 saturated carbocycles. The third-order valence-electron chi connectivity index (χ3n) is 5.89. The van der Waals surface area contributed by atoms with Crippen LogP contribution in [0, 0.1) is 5.92 Å². The van der Waals surface area contributed by atoms with Crippen LogP contribution in [0.15, 0.2) is 95.4 Å². The molecule has 0 bridgehead atoms. The van der Waals surface area contributed by atoms with Crippen LogP contribution < -0.4 is 4.74 Å². The van der Waals surface area contributed by atoms with Crippen molar-refractivity contribution in [3.63, 3.8) is 0 Å². The number of hydrogen-bond donors (Lipinski definition) is 0. The van der Waals surface area contributed by atoms with E-state index in [0.29, 0.717) is 5.92 Å². The second kappa shape index (κ2) is 8.65. The molecule has 0 N–H and O–H groups in total. The number of aromatic nitrogens is 1. The first-order chi connectivity index (χ1) is 15.3. The summed E-state index contributed by atoms with van der Waals surface area (Å²) >= 11 is 0. The van der Waals surface area contributed by atoms with E-state index in [0.717, 1.165) is 53.5 Å². The Balaban J connectivity index is 1.51. The van der Waals surface area contributed by atoms with Gasteiger partial charge in [-0.25, -0.2) is 4.98 Å². The molecule has 1 aromatic heterocycles. The van der Waals surface area contributed by atoms with Gasteiger partial charge >= 0.3 is 0 Å². The number of oxazole rings is 1. The lowest BCUT2D eigenvalue weighted by atomic mass is 9.93. The summed E-state index contributed by atoms with van der Waals surface area (Å²) in [5, 5.41) is 0. The molecule has 0 amide bonds. The standard InChI is InChI=1S/C28H25NO2/c1-30-24-16-8-10-20(19-24)18-23-15-9-17-25(23)28-29-26(21-11-4-2-5-12-21)27(31-28)22-13-6-3-7-14-22/h2-8,10-14,16-17,19,23H,9,15,18H2,1H3. The van der Waals surface area contributed by atoms with Gasteiger partial charge in [-0.1, -0.05) is 78.9 Å². The minimum atomic E-state index is 0.387. The van der Waals surface area contributed by atoms with Gasteiger partial charge in [0.2, 0.25) is 5.89 Å². The largest absolute Gasteiger partial charge is 0.497 e. The van der Waals surface area contributed by atoms with Gasteiger partial charge in [0, 0.05) is 16.7 Å². The molecule has 0 saturated heterocycles. The Morgan fingerprint density at radius 3 is 2.39 bits per heavy atom. The number of hydrogen-bond acceptors (Lipinski definition) is 3. The fraction of sp³-hybridized carbons (Fsp3) is 0.179. The molecule has 4 aromatic rings. The molecule has 0 spiro atoms. The fourth-order valence-corrected chi connectivity index (χ4v) is 4.34. The third-order valence-corrected chi connectivity index (χ3v) is 5.89. The van der Waals surface area contributed by atoms with E-state index in [-0.39, 0.29) is 0 Å². The van der Waals surface area contributed by atoms with E-state index in [1.54, 1.807) is 7.11 Å². The molecule has 1 unspecified atom stereocenters. The average Bonchev–Trinajstić information content (AvgIpc) is 3.47. The van der Waals surface area contributed by atoms with Crippen LogP contribution in [0.1, 0.15) is 24.3 Å². The van der Waals surface area contributed by atoms with Gasteiger partial charge in [0.25, 0.3) is 0 Å². The molecule has 1 atom stereocenters. The minimum absolute atomic E-state index is 0.387. The monoisotopic (exact) mass is 407 g/mol. The Morgan fingerprint density at radius 1 is 0.903 bits per heavy atom. The molecule has 3 heteroatoms. The number of allylic oxidation sites excluding steroid dienone is 2. The number of methoxy groups -OCH3 is 1. The summed E-state index contributed by atoms with van der Waals surface area (Å²) in [7, 11) is 1.71. The van der Waals surface area contributed by atoms with Gasteiger partial charge in [0.05, 0.1) is 7.11 Å². The number of ether oxygens (including phenoxy) is 1. The van der Waals surface area contributed by atoms with Crippen LogP contribution in [0.4, 0.5) is 0 Å². The van der Waals surface area contributed by atoms with Gasteiger partial charge in [-0.2, -0.15) is 0 Å².